The Bertz CT molecular complexity index is 1450. The molecule has 0 saturated heterocycles. The molecule has 4 aromatic rings. The molecule has 0 spiro atoms. The van der Waals surface area contributed by atoms with Gasteiger partial charge in [0.1, 0.15) is 16.5 Å². The zero-order chi connectivity index (χ0) is 22.2. The van der Waals surface area contributed by atoms with Crippen LogP contribution in [0.15, 0.2) is 87.5 Å². The van der Waals surface area contributed by atoms with E-state index in [0.717, 1.165) is 0 Å². The van der Waals surface area contributed by atoms with Crippen LogP contribution in [0.5, 0.6) is 5.75 Å². The Kier molecular flexibility index (Phi) is 5.56. The van der Waals surface area contributed by atoms with Crippen LogP contribution in [-0.4, -0.2) is 20.1 Å². The summed E-state index contributed by atoms with van der Waals surface area (Å²) in [6.45, 7) is 0.171. The lowest BCUT2D eigenvalue weighted by Gasteiger charge is -2.15. The number of hydrogen-bond donors (Lipinski definition) is 0. The van der Waals surface area contributed by atoms with E-state index >= 15 is 0 Å². The van der Waals surface area contributed by atoms with E-state index in [2.05, 4.69) is 0 Å². The molecule has 1 aromatic heterocycles. The van der Waals surface area contributed by atoms with E-state index in [1.165, 1.54) is 55.8 Å². The predicted molar refractivity (Wildman–Crippen MR) is 117 cm³/mol. The molecule has 0 fully saturated rings. The Labute approximate surface area is 183 Å². The van der Waals surface area contributed by atoms with Crippen LogP contribution in [-0.2, 0) is 16.4 Å². The fourth-order valence-corrected chi connectivity index (χ4v) is 4.87. The maximum Gasteiger partial charge on any atom is 0.211 e. The Morgan fingerprint density at radius 2 is 1.77 bits per heavy atom. The van der Waals surface area contributed by atoms with Crippen molar-refractivity contribution in [2.24, 2.45) is 0 Å². The van der Waals surface area contributed by atoms with Crippen LogP contribution in [0.25, 0.3) is 10.9 Å². The quantitative estimate of drug-likeness (QED) is 0.436. The van der Waals surface area contributed by atoms with Crippen molar-refractivity contribution in [1.29, 1.82) is 0 Å². The molecule has 3 aromatic carbocycles. The van der Waals surface area contributed by atoms with Crippen LogP contribution >= 0.6 is 11.6 Å². The number of ether oxygens (including phenoxy) is 1. The Balaban J connectivity index is 1.98. The molecular formula is C23H17ClFNO4S. The maximum atomic E-state index is 13.7. The number of rotatable bonds is 5. The molecule has 0 atom stereocenters. The molecular weight excluding hydrogens is 441 g/mol. The largest absolute Gasteiger partial charge is 0.497 e. The fourth-order valence-electron chi connectivity index (χ4n) is 3.37. The molecule has 0 aliphatic rings. The smallest absolute Gasteiger partial charge is 0.211 e. The van der Waals surface area contributed by atoms with Gasteiger partial charge >= 0.3 is 0 Å². The molecule has 8 heteroatoms. The number of pyridine rings is 1. The van der Waals surface area contributed by atoms with Crippen molar-refractivity contribution in [2.75, 3.05) is 7.11 Å². The summed E-state index contributed by atoms with van der Waals surface area (Å²) >= 11 is 5.87. The summed E-state index contributed by atoms with van der Waals surface area (Å²) in [6, 6.07) is 16.4. The normalized spacial score (nSPS) is 11.6. The van der Waals surface area contributed by atoms with Crippen LogP contribution < -0.4 is 10.2 Å². The minimum absolute atomic E-state index is 0.0476. The Morgan fingerprint density at radius 1 is 1.03 bits per heavy atom. The summed E-state index contributed by atoms with van der Waals surface area (Å²) in [5.41, 5.74) is 0.486. The van der Waals surface area contributed by atoms with E-state index in [-0.39, 0.29) is 21.7 Å². The van der Waals surface area contributed by atoms with Crippen molar-refractivity contribution in [3.05, 3.63) is 99.6 Å². The van der Waals surface area contributed by atoms with Gasteiger partial charge in [0.2, 0.25) is 15.3 Å². The maximum absolute atomic E-state index is 13.7. The van der Waals surface area contributed by atoms with Gasteiger partial charge in [0.25, 0.3) is 0 Å². The molecule has 158 valence electrons. The summed E-state index contributed by atoms with van der Waals surface area (Å²) < 4.78 is 47.1. The number of fused-ring (bicyclic) bond motifs is 1. The molecule has 0 radical (unpaired) electrons. The topological polar surface area (TPSA) is 65.4 Å². The van der Waals surface area contributed by atoms with Crippen LogP contribution in [0.3, 0.4) is 0 Å². The van der Waals surface area contributed by atoms with Gasteiger partial charge in [-0.3, -0.25) is 4.79 Å². The highest BCUT2D eigenvalue weighted by Crippen LogP contribution is 2.25. The van der Waals surface area contributed by atoms with Gasteiger partial charge in [0.05, 0.1) is 22.9 Å². The monoisotopic (exact) mass is 457 g/mol. The summed E-state index contributed by atoms with van der Waals surface area (Å²) in [5.74, 6) is 0.0153. The number of aromatic nitrogens is 1. The molecule has 0 aliphatic heterocycles. The SMILES string of the molecule is COc1ccc2c(c1)c(=O)c(S(=O)(=O)c1ccc(Cl)cc1)cn2Cc1cccc(F)c1. The lowest BCUT2D eigenvalue weighted by molar-refractivity contribution is 0.415. The molecule has 0 unspecified atom stereocenters. The third-order valence-corrected chi connectivity index (χ3v) is 6.92. The first-order valence-electron chi connectivity index (χ1n) is 9.26. The average molecular weight is 458 g/mol. The highest BCUT2D eigenvalue weighted by Gasteiger charge is 2.24. The first-order valence-corrected chi connectivity index (χ1v) is 11.1. The zero-order valence-electron chi connectivity index (χ0n) is 16.4. The zero-order valence-corrected chi connectivity index (χ0v) is 18.0. The number of halogens is 2. The Hall–Kier alpha value is -3.16. The summed E-state index contributed by atoms with van der Waals surface area (Å²) in [4.78, 5) is 12.8. The van der Waals surface area contributed by atoms with Gasteiger partial charge in [-0.1, -0.05) is 23.7 Å². The van der Waals surface area contributed by atoms with Crippen LogP contribution in [0.1, 0.15) is 5.56 Å². The van der Waals surface area contributed by atoms with Crippen molar-refractivity contribution in [1.82, 2.24) is 4.57 Å². The fraction of sp³-hybridized carbons (Fsp3) is 0.0870. The third kappa shape index (κ3) is 4.06. The third-order valence-electron chi connectivity index (χ3n) is 4.91. The van der Waals surface area contributed by atoms with Gasteiger partial charge in [-0.05, 0) is 60.2 Å². The molecule has 0 bridgehead atoms. The van der Waals surface area contributed by atoms with Crippen molar-refractivity contribution in [3.8, 4) is 5.75 Å². The van der Waals surface area contributed by atoms with Gasteiger partial charge in [-0.15, -0.1) is 0 Å². The number of methoxy groups -OCH3 is 1. The molecule has 1 heterocycles. The number of sulfone groups is 1. The molecule has 0 saturated carbocycles. The molecule has 0 amide bonds. The first kappa shape index (κ1) is 21.1. The minimum Gasteiger partial charge on any atom is -0.497 e. The number of hydrogen-bond acceptors (Lipinski definition) is 4. The van der Waals surface area contributed by atoms with E-state index < -0.39 is 21.1 Å². The van der Waals surface area contributed by atoms with E-state index in [4.69, 9.17) is 16.3 Å². The van der Waals surface area contributed by atoms with E-state index in [0.29, 0.717) is 21.9 Å². The lowest BCUT2D eigenvalue weighted by atomic mass is 10.1. The second-order valence-corrected chi connectivity index (χ2v) is 9.28. The van der Waals surface area contributed by atoms with Gasteiger partial charge in [0, 0.05) is 17.8 Å². The summed E-state index contributed by atoms with van der Waals surface area (Å²) in [7, 11) is -2.67. The highest BCUT2D eigenvalue weighted by atomic mass is 35.5. The second kappa shape index (κ2) is 8.17. The lowest BCUT2D eigenvalue weighted by Crippen LogP contribution is -2.19. The van der Waals surface area contributed by atoms with Crippen LogP contribution in [0, 0.1) is 5.82 Å². The minimum atomic E-state index is -4.13. The highest BCUT2D eigenvalue weighted by molar-refractivity contribution is 7.91. The standard InChI is InChI=1S/C23H17ClFNO4S/c1-30-18-7-10-21-20(12-18)23(27)22(31(28,29)19-8-5-16(24)6-9-19)14-26(21)13-15-3-2-4-17(25)11-15/h2-12,14H,13H2,1H3. The van der Waals surface area contributed by atoms with Gasteiger partial charge in [-0.2, -0.15) is 0 Å². The van der Waals surface area contributed by atoms with E-state index in [1.807, 2.05) is 0 Å². The first-order chi connectivity index (χ1) is 14.8. The van der Waals surface area contributed by atoms with Crippen LogP contribution in [0.4, 0.5) is 4.39 Å². The average Bonchev–Trinajstić information content (AvgIpc) is 2.75. The summed E-state index contributed by atoms with van der Waals surface area (Å²) in [5, 5.41) is 0.566. The van der Waals surface area contributed by atoms with E-state index in [1.54, 1.807) is 28.8 Å². The number of nitrogens with zero attached hydrogens (tertiary/aromatic N) is 1. The molecule has 5 nitrogen and oxygen atoms in total. The van der Waals surface area contributed by atoms with Gasteiger partial charge < -0.3 is 9.30 Å². The molecule has 4 rings (SSSR count). The predicted octanol–water partition coefficient (Wildman–Crippen LogP) is 4.68. The van der Waals surface area contributed by atoms with Crippen LogP contribution in [0.2, 0.25) is 5.02 Å². The van der Waals surface area contributed by atoms with Crippen molar-refractivity contribution >= 4 is 32.3 Å². The van der Waals surface area contributed by atoms with Crippen molar-refractivity contribution in [3.63, 3.8) is 0 Å². The summed E-state index contributed by atoms with van der Waals surface area (Å²) in [6.07, 6.45) is 1.30. The van der Waals surface area contributed by atoms with Gasteiger partial charge in [-0.25, -0.2) is 12.8 Å². The van der Waals surface area contributed by atoms with Crippen molar-refractivity contribution < 1.29 is 17.5 Å². The number of benzene rings is 3. The molecule has 0 aliphatic carbocycles. The van der Waals surface area contributed by atoms with Crippen molar-refractivity contribution in [2.45, 2.75) is 16.3 Å². The molecule has 0 N–H and O–H groups in total. The second-order valence-electron chi connectivity index (χ2n) is 6.92. The molecule has 31 heavy (non-hydrogen) atoms. The Morgan fingerprint density at radius 3 is 2.45 bits per heavy atom. The van der Waals surface area contributed by atoms with E-state index in [9.17, 15) is 17.6 Å². The van der Waals surface area contributed by atoms with Gasteiger partial charge in [0.15, 0.2) is 0 Å².